The van der Waals surface area contributed by atoms with Crippen LogP contribution >= 0.6 is 0 Å². The molecule has 2 N–H and O–H groups in total. The zero-order valence-electron chi connectivity index (χ0n) is 10.6. The van der Waals surface area contributed by atoms with Crippen LogP contribution in [-0.4, -0.2) is 16.7 Å². The maximum Gasteiger partial charge on any atom is 0.0736 e. The summed E-state index contributed by atoms with van der Waals surface area (Å²) in [5.74, 6) is 0. The highest BCUT2D eigenvalue weighted by Crippen LogP contribution is 2.23. The van der Waals surface area contributed by atoms with Gasteiger partial charge in [0.2, 0.25) is 0 Å². The number of aliphatic hydroxyl groups is 1. The summed E-state index contributed by atoms with van der Waals surface area (Å²) in [4.78, 5) is 0. The average Bonchev–Trinajstić information content (AvgIpc) is 2.28. The van der Waals surface area contributed by atoms with Crippen molar-refractivity contribution in [3.63, 3.8) is 0 Å². The Bertz CT molecular complexity index is 517. The van der Waals surface area contributed by atoms with Crippen LogP contribution in [0.4, 0.5) is 5.69 Å². The highest BCUT2D eigenvalue weighted by atomic mass is 16.3. The van der Waals surface area contributed by atoms with Gasteiger partial charge in [-0.15, -0.1) is 0 Å². The number of fused-ring (bicyclic) bond motifs is 1. The minimum atomic E-state index is -0.408. The lowest BCUT2D eigenvalue weighted by atomic mass is 9.98. The first-order chi connectivity index (χ1) is 7.99. The molecule has 2 nitrogen and oxygen atoms in total. The molecule has 0 bridgehead atoms. The number of nitrogens with one attached hydrogen (secondary N) is 1. The SMILES string of the molecule is CC(O)C(C)(C)Nc1ccc2ccccc2c1. The molecule has 1 atom stereocenters. The predicted octanol–water partition coefficient (Wildman–Crippen LogP) is 3.41. The molecule has 1 unspecified atom stereocenters. The highest BCUT2D eigenvalue weighted by Gasteiger charge is 2.23. The maximum atomic E-state index is 9.69. The Morgan fingerprint density at radius 1 is 1.06 bits per heavy atom. The maximum absolute atomic E-state index is 9.69. The topological polar surface area (TPSA) is 32.3 Å². The van der Waals surface area contributed by atoms with E-state index >= 15 is 0 Å². The standard InChI is InChI=1S/C15H19NO/c1-11(17)15(2,3)16-14-9-8-12-6-4-5-7-13(12)10-14/h4-11,16-17H,1-3H3. The van der Waals surface area contributed by atoms with Crippen LogP contribution in [0.25, 0.3) is 10.8 Å². The minimum absolute atomic E-state index is 0.331. The summed E-state index contributed by atoms with van der Waals surface area (Å²) in [6, 6.07) is 14.5. The van der Waals surface area contributed by atoms with Crippen LogP contribution < -0.4 is 5.32 Å². The fraction of sp³-hybridized carbons (Fsp3) is 0.333. The summed E-state index contributed by atoms with van der Waals surface area (Å²) in [6.07, 6.45) is -0.408. The van der Waals surface area contributed by atoms with Gasteiger partial charge in [-0.25, -0.2) is 0 Å². The first kappa shape index (κ1) is 11.9. The Balaban J connectivity index is 2.31. The molecule has 90 valence electrons. The normalized spacial score (nSPS) is 13.6. The van der Waals surface area contributed by atoms with Crippen molar-refractivity contribution in [2.75, 3.05) is 5.32 Å². The fourth-order valence-corrected chi connectivity index (χ4v) is 1.74. The van der Waals surface area contributed by atoms with Crippen molar-refractivity contribution in [3.05, 3.63) is 42.5 Å². The second-order valence-corrected chi connectivity index (χ2v) is 5.08. The zero-order valence-corrected chi connectivity index (χ0v) is 10.6. The molecule has 0 aliphatic carbocycles. The van der Waals surface area contributed by atoms with Gasteiger partial charge in [-0.1, -0.05) is 30.3 Å². The van der Waals surface area contributed by atoms with E-state index in [4.69, 9.17) is 0 Å². The van der Waals surface area contributed by atoms with E-state index in [9.17, 15) is 5.11 Å². The number of anilines is 1. The molecule has 0 radical (unpaired) electrons. The van der Waals surface area contributed by atoms with Crippen LogP contribution in [0.15, 0.2) is 42.5 Å². The summed E-state index contributed by atoms with van der Waals surface area (Å²) in [7, 11) is 0. The number of aliphatic hydroxyl groups excluding tert-OH is 1. The van der Waals surface area contributed by atoms with Gasteiger partial charge in [0.25, 0.3) is 0 Å². The smallest absolute Gasteiger partial charge is 0.0736 e. The molecular weight excluding hydrogens is 210 g/mol. The van der Waals surface area contributed by atoms with Gasteiger partial charge in [-0.3, -0.25) is 0 Å². The molecule has 0 saturated heterocycles. The number of rotatable bonds is 3. The van der Waals surface area contributed by atoms with E-state index in [-0.39, 0.29) is 5.54 Å². The van der Waals surface area contributed by atoms with Crippen molar-refractivity contribution < 1.29 is 5.11 Å². The van der Waals surface area contributed by atoms with E-state index in [1.54, 1.807) is 6.92 Å². The molecule has 2 rings (SSSR count). The second-order valence-electron chi connectivity index (χ2n) is 5.08. The summed E-state index contributed by atoms with van der Waals surface area (Å²) < 4.78 is 0. The molecule has 17 heavy (non-hydrogen) atoms. The zero-order chi connectivity index (χ0) is 12.5. The lowest BCUT2D eigenvalue weighted by Gasteiger charge is -2.30. The van der Waals surface area contributed by atoms with Crippen LogP contribution in [0, 0.1) is 0 Å². The Kier molecular flexibility index (Phi) is 3.07. The fourth-order valence-electron chi connectivity index (χ4n) is 1.74. The second kappa shape index (κ2) is 4.38. The van der Waals surface area contributed by atoms with Crippen LogP contribution in [0.2, 0.25) is 0 Å². The molecule has 0 aliphatic heterocycles. The lowest BCUT2D eigenvalue weighted by molar-refractivity contribution is 0.133. The summed E-state index contributed by atoms with van der Waals surface area (Å²) in [6.45, 7) is 5.79. The van der Waals surface area contributed by atoms with E-state index < -0.39 is 6.10 Å². The predicted molar refractivity (Wildman–Crippen MR) is 73.3 cm³/mol. The highest BCUT2D eigenvalue weighted by molar-refractivity contribution is 5.85. The molecule has 0 heterocycles. The van der Waals surface area contributed by atoms with Crippen molar-refractivity contribution in [1.82, 2.24) is 0 Å². The Morgan fingerprint density at radius 2 is 1.71 bits per heavy atom. The van der Waals surface area contributed by atoms with Gasteiger partial charge in [0.15, 0.2) is 0 Å². The van der Waals surface area contributed by atoms with Gasteiger partial charge in [-0.2, -0.15) is 0 Å². The number of hydrogen-bond donors (Lipinski definition) is 2. The Labute approximate surface area is 102 Å². The first-order valence-corrected chi connectivity index (χ1v) is 5.94. The van der Waals surface area contributed by atoms with Gasteiger partial charge in [0.1, 0.15) is 0 Å². The van der Waals surface area contributed by atoms with E-state index in [1.165, 1.54) is 10.8 Å². The van der Waals surface area contributed by atoms with Gasteiger partial charge in [0.05, 0.1) is 11.6 Å². The van der Waals surface area contributed by atoms with Crippen molar-refractivity contribution in [2.24, 2.45) is 0 Å². The van der Waals surface area contributed by atoms with Crippen LogP contribution in [0.5, 0.6) is 0 Å². The van der Waals surface area contributed by atoms with Crippen molar-refractivity contribution in [3.8, 4) is 0 Å². The monoisotopic (exact) mass is 229 g/mol. The molecule has 2 heteroatoms. The van der Waals surface area contributed by atoms with Gasteiger partial charge in [0, 0.05) is 5.69 Å². The molecule has 2 aromatic carbocycles. The van der Waals surface area contributed by atoms with E-state index in [0.717, 1.165) is 5.69 Å². The van der Waals surface area contributed by atoms with Gasteiger partial charge in [-0.05, 0) is 43.7 Å². The van der Waals surface area contributed by atoms with Crippen molar-refractivity contribution in [2.45, 2.75) is 32.4 Å². The third-order valence-electron chi connectivity index (χ3n) is 3.26. The number of hydrogen-bond acceptors (Lipinski definition) is 2. The molecule has 0 aliphatic rings. The molecule has 0 spiro atoms. The minimum Gasteiger partial charge on any atom is -0.391 e. The lowest BCUT2D eigenvalue weighted by Crippen LogP contribution is -2.41. The van der Waals surface area contributed by atoms with Gasteiger partial charge < -0.3 is 10.4 Å². The molecular formula is C15H19NO. The summed E-state index contributed by atoms with van der Waals surface area (Å²) in [5, 5.41) is 15.5. The molecule has 0 fully saturated rings. The first-order valence-electron chi connectivity index (χ1n) is 5.94. The molecule has 0 amide bonds. The Hall–Kier alpha value is -1.54. The van der Waals surface area contributed by atoms with Crippen LogP contribution in [-0.2, 0) is 0 Å². The largest absolute Gasteiger partial charge is 0.391 e. The summed E-state index contributed by atoms with van der Waals surface area (Å²) in [5.41, 5.74) is 0.706. The quantitative estimate of drug-likeness (QED) is 0.845. The molecule has 0 aromatic heterocycles. The Morgan fingerprint density at radius 3 is 2.35 bits per heavy atom. The van der Waals surface area contributed by atoms with Crippen molar-refractivity contribution >= 4 is 16.5 Å². The van der Waals surface area contributed by atoms with E-state index in [1.807, 2.05) is 32.0 Å². The third-order valence-corrected chi connectivity index (χ3v) is 3.26. The van der Waals surface area contributed by atoms with Crippen LogP contribution in [0.3, 0.4) is 0 Å². The average molecular weight is 229 g/mol. The molecule has 2 aromatic rings. The number of benzene rings is 2. The van der Waals surface area contributed by atoms with Crippen LogP contribution in [0.1, 0.15) is 20.8 Å². The van der Waals surface area contributed by atoms with Gasteiger partial charge >= 0.3 is 0 Å². The molecule has 0 saturated carbocycles. The van der Waals surface area contributed by atoms with E-state index in [0.29, 0.717) is 0 Å². The summed E-state index contributed by atoms with van der Waals surface area (Å²) >= 11 is 0. The van der Waals surface area contributed by atoms with Crippen molar-refractivity contribution in [1.29, 1.82) is 0 Å². The third kappa shape index (κ3) is 2.59. The van der Waals surface area contributed by atoms with E-state index in [2.05, 4.69) is 29.6 Å².